The molecule has 0 aliphatic carbocycles. The molecule has 86 valence electrons. The number of ether oxygens (including phenoxy) is 1. The summed E-state index contributed by atoms with van der Waals surface area (Å²) in [6, 6.07) is 0. The van der Waals surface area contributed by atoms with Crippen LogP contribution in [0.1, 0.15) is 13.8 Å². The van der Waals surface area contributed by atoms with Gasteiger partial charge in [-0.15, -0.1) is 0 Å². The van der Waals surface area contributed by atoms with Gasteiger partial charge in [0, 0.05) is 25.4 Å². The Kier molecular flexibility index (Phi) is 3.71. The molecule has 2 N–H and O–H groups in total. The first-order valence-corrected chi connectivity index (χ1v) is 4.87. The fraction of sp³-hybridized carbons (Fsp3) is 0.700. The maximum absolute atomic E-state index is 10.4. The lowest BCUT2D eigenvalue weighted by atomic mass is 10.1. The number of rotatable bonds is 3. The third-order valence-electron chi connectivity index (χ3n) is 2.14. The average Bonchev–Trinajstić information content (AvgIpc) is 2.12. The van der Waals surface area contributed by atoms with Gasteiger partial charge < -0.3 is 19.8 Å². The Labute approximate surface area is 89.0 Å². The topological polar surface area (TPSA) is 70.0 Å². The average molecular weight is 215 g/mol. The molecule has 1 heterocycles. The van der Waals surface area contributed by atoms with Crippen LogP contribution in [-0.2, 0) is 9.53 Å². The van der Waals surface area contributed by atoms with E-state index in [0.29, 0.717) is 13.1 Å². The molecule has 5 nitrogen and oxygen atoms in total. The van der Waals surface area contributed by atoms with Gasteiger partial charge in [-0.3, -0.25) is 0 Å². The molecular formula is C10H17NO4. The first kappa shape index (κ1) is 12.0. The maximum Gasteiger partial charge on any atom is 0.329 e. The van der Waals surface area contributed by atoms with Crippen molar-refractivity contribution >= 4 is 5.97 Å². The minimum Gasteiger partial charge on any atom is -0.478 e. The van der Waals surface area contributed by atoms with Gasteiger partial charge in [0.25, 0.3) is 0 Å². The second-order valence-electron chi connectivity index (χ2n) is 4.27. The van der Waals surface area contributed by atoms with E-state index in [2.05, 4.69) is 0 Å². The zero-order valence-electron chi connectivity index (χ0n) is 9.01. The van der Waals surface area contributed by atoms with Crippen LogP contribution in [0.25, 0.3) is 0 Å². The standard InChI is InChI=1S/C10H17NO4/c1-10(2)7-11(4-3-9(13)14)5-8(6-12)15-10/h3-4,8,12H,5-7H2,1-2H3,(H,13,14)/b4-3+. The molecule has 1 saturated heterocycles. The Morgan fingerprint density at radius 1 is 1.67 bits per heavy atom. The number of carboxylic acid groups (broad SMARTS) is 1. The molecule has 5 heteroatoms. The van der Waals surface area contributed by atoms with E-state index in [1.165, 1.54) is 6.20 Å². The van der Waals surface area contributed by atoms with Crippen LogP contribution >= 0.6 is 0 Å². The summed E-state index contributed by atoms with van der Waals surface area (Å²) in [5.74, 6) is -0.972. The molecule has 0 spiro atoms. The summed E-state index contributed by atoms with van der Waals surface area (Å²) in [5.41, 5.74) is -0.367. The number of aliphatic hydroxyl groups excluding tert-OH is 1. The summed E-state index contributed by atoms with van der Waals surface area (Å²) >= 11 is 0. The highest BCUT2D eigenvalue weighted by Crippen LogP contribution is 2.20. The van der Waals surface area contributed by atoms with Gasteiger partial charge in [-0.1, -0.05) is 0 Å². The van der Waals surface area contributed by atoms with Crippen LogP contribution in [-0.4, -0.2) is 52.5 Å². The van der Waals surface area contributed by atoms with E-state index in [0.717, 1.165) is 6.08 Å². The van der Waals surface area contributed by atoms with Crippen molar-refractivity contribution in [3.8, 4) is 0 Å². The molecule has 0 amide bonds. The van der Waals surface area contributed by atoms with Crippen LogP contribution in [0, 0.1) is 0 Å². The van der Waals surface area contributed by atoms with Gasteiger partial charge in [-0.2, -0.15) is 0 Å². The van der Waals surface area contributed by atoms with E-state index in [9.17, 15) is 4.79 Å². The summed E-state index contributed by atoms with van der Waals surface area (Å²) in [6.45, 7) is 4.91. The Hall–Kier alpha value is -1.07. The number of morpholine rings is 1. The van der Waals surface area contributed by atoms with E-state index in [-0.39, 0.29) is 18.3 Å². The first-order chi connectivity index (χ1) is 6.93. The predicted octanol–water partition coefficient (Wildman–Crippen LogP) is 0.0564. The molecule has 0 aromatic heterocycles. The van der Waals surface area contributed by atoms with E-state index in [4.69, 9.17) is 14.9 Å². The van der Waals surface area contributed by atoms with E-state index < -0.39 is 5.97 Å². The molecule has 1 aliphatic rings. The Balaban J connectivity index is 2.62. The lowest BCUT2D eigenvalue weighted by Crippen LogP contribution is -2.51. The molecule has 0 aromatic carbocycles. The van der Waals surface area contributed by atoms with Crippen LogP contribution in [0.5, 0.6) is 0 Å². The van der Waals surface area contributed by atoms with Crippen molar-refractivity contribution in [1.29, 1.82) is 0 Å². The minimum atomic E-state index is -0.972. The van der Waals surface area contributed by atoms with E-state index >= 15 is 0 Å². The lowest BCUT2D eigenvalue weighted by Gasteiger charge is -2.41. The summed E-state index contributed by atoms with van der Waals surface area (Å²) in [7, 11) is 0. The third-order valence-corrected chi connectivity index (χ3v) is 2.14. The number of hydrogen-bond acceptors (Lipinski definition) is 4. The number of hydrogen-bond donors (Lipinski definition) is 2. The monoisotopic (exact) mass is 215 g/mol. The predicted molar refractivity (Wildman–Crippen MR) is 54.4 cm³/mol. The Morgan fingerprint density at radius 3 is 2.87 bits per heavy atom. The number of carbonyl (C=O) groups is 1. The largest absolute Gasteiger partial charge is 0.478 e. The fourth-order valence-electron chi connectivity index (χ4n) is 1.72. The Bertz CT molecular complexity index is 262. The first-order valence-electron chi connectivity index (χ1n) is 4.87. The van der Waals surface area contributed by atoms with Crippen LogP contribution in [0.2, 0.25) is 0 Å². The normalized spacial score (nSPS) is 25.8. The number of nitrogens with zero attached hydrogens (tertiary/aromatic N) is 1. The van der Waals surface area contributed by atoms with Gasteiger partial charge in [0.05, 0.1) is 18.3 Å². The van der Waals surface area contributed by atoms with Gasteiger partial charge in [0.2, 0.25) is 0 Å². The van der Waals surface area contributed by atoms with Crippen molar-refractivity contribution < 1.29 is 19.7 Å². The van der Waals surface area contributed by atoms with Crippen molar-refractivity contribution in [1.82, 2.24) is 4.90 Å². The van der Waals surface area contributed by atoms with Gasteiger partial charge >= 0.3 is 5.97 Å². The summed E-state index contributed by atoms with van der Waals surface area (Å²) < 4.78 is 5.59. The highest BCUT2D eigenvalue weighted by molar-refractivity contribution is 5.79. The SMILES string of the molecule is CC1(C)CN(/C=C/C(=O)O)CC(CO)O1. The van der Waals surface area contributed by atoms with Crippen molar-refractivity contribution in [3.05, 3.63) is 12.3 Å². The van der Waals surface area contributed by atoms with E-state index in [1.54, 1.807) is 0 Å². The molecule has 0 aromatic rings. The van der Waals surface area contributed by atoms with Crippen LogP contribution < -0.4 is 0 Å². The molecule has 1 rings (SSSR count). The molecule has 0 saturated carbocycles. The second-order valence-corrected chi connectivity index (χ2v) is 4.27. The number of carboxylic acids is 1. The van der Waals surface area contributed by atoms with Crippen molar-refractivity contribution in [3.63, 3.8) is 0 Å². The van der Waals surface area contributed by atoms with Gasteiger partial charge in [-0.05, 0) is 13.8 Å². The highest BCUT2D eigenvalue weighted by atomic mass is 16.5. The molecule has 1 aliphatic heterocycles. The minimum absolute atomic E-state index is 0.0547. The van der Waals surface area contributed by atoms with Crippen molar-refractivity contribution in [2.75, 3.05) is 19.7 Å². The smallest absolute Gasteiger partial charge is 0.329 e. The quantitative estimate of drug-likeness (QED) is 0.651. The van der Waals surface area contributed by atoms with Gasteiger partial charge in [0.1, 0.15) is 0 Å². The zero-order chi connectivity index (χ0) is 11.5. The zero-order valence-corrected chi connectivity index (χ0v) is 9.01. The molecule has 1 unspecified atom stereocenters. The van der Waals surface area contributed by atoms with Crippen LogP contribution in [0.4, 0.5) is 0 Å². The highest BCUT2D eigenvalue weighted by Gasteiger charge is 2.31. The summed E-state index contributed by atoms with van der Waals surface area (Å²) in [5, 5.41) is 17.5. The third kappa shape index (κ3) is 3.89. The molecule has 15 heavy (non-hydrogen) atoms. The van der Waals surface area contributed by atoms with Crippen LogP contribution in [0.3, 0.4) is 0 Å². The summed E-state index contributed by atoms with van der Waals surface area (Å²) in [6.07, 6.45) is 2.36. The van der Waals surface area contributed by atoms with Crippen molar-refractivity contribution in [2.24, 2.45) is 0 Å². The number of aliphatic carboxylic acids is 1. The van der Waals surface area contributed by atoms with E-state index in [1.807, 2.05) is 18.7 Å². The molecule has 1 fully saturated rings. The molecule has 1 atom stereocenters. The van der Waals surface area contributed by atoms with Crippen LogP contribution in [0.15, 0.2) is 12.3 Å². The molecular weight excluding hydrogens is 198 g/mol. The Morgan fingerprint density at radius 2 is 2.33 bits per heavy atom. The lowest BCUT2D eigenvalue weighted by molar-refractivity contribution is -0.140. The fourth-order valence-corrected chi connectivity index (χ4v) is 1.72. The van der Waals surface area contributed by atoms with Crippen molar-refractivity contribution in [2.45, 2.75) is 25.6 Å². The van der Waals surface area contributed by atoms with Gasteiger partial charge in [0.15, 0.2) is 0 Å². The maximum atomic E-state index is 10.4. The van der Waals surface area contributed by atoms with Gasteiger partial charge in [-0.25, -0.2) is 4.79 Å². The molecule has 0 bridgehead atoms. The second kappa shape index (κ2) is 4.63. The molecule has 0 radical (unpaired) electrons. The summed E-state index contributed by atoms with van der Waals surface area (Å²) in [4.78, 5) is 12.2. The number of aliphatic hydroxyl groups is 1.